The summed E-state index contributed by atoms with van der Waals surface area (Å²) in [7, 11) is 0. The van der Waals surface area contributed by atoms with Gasteiger partial charge in [-0.25, -0.2) is 0 Å². The second kappa shape index (κ2) is 6.28. The van der Waals surface area contributed by atoms with Crippen molar-refractivity contribution in [3.05, 3.63) is 0 Å². The Kier molecular flexibility index (Phi) is 6.19. The first-order valence-electron chi connectivity index (χ1n) is 4.30. The Balaban J connectivity index is 4.14. The molecule has 0 rings (SSSR count). The fraction of sp³-hybridized carbons (Fsp3) is 1.00. The summed E-state index contributed by atoms with van der Waals surface area (Å²) in [5.74, 6) is -0.813. The Labute approximate surface area is 77.3 Å². The average Bonchev–Trinajstić information content (AvgIpc) is 2.05. The smallest absolute Gasteiger partial charge is 0.0871 e. The predicted octanol–water partition coefficient (Wildman–Crippen LogP) is -1.92. The van der Waals surface area contributed by atoms with Crippen LogP contribution < -0.4 is 0 Å². The summed E-state index contributed by atoms with van der Waals surface area (Å²) in [4.78, 5) is 0. The highest BCUT2D eigenvalue weighted by atomic mass is 16.3. The summed E-state index contributed by atoms with van der Waals surface area (Å²) in [5, 5.41) is 45.0. The second-order valence-electron chi connectivity index (χ2n) is 3.16. The fourth-order valence-electron chi connectivity index (χ4n) is 1.16. The van der Waals surface area contributed by atoms with Crippen LogP contribution >= 0.6 is 0 Å². The summed E-state index contributed by atoms with van der Waals surface area (Å²) in [6.07, 6.45) is -3.11. The van der Waals surface area contributed by atoms with Crippen LogP contribution in [0.1, 0.15) is 13.3 Å². The van der Waals surface area contributed by atoms with Gasteiger partial charge in [0, 0.05) is 12.5 Å². The van der Waals surface area contributed by atoms with Crippen LogP contribution in [-0.2, 0) is 0 Å². The number of aliphatic hydroxyl groups is 5. The lowest BCUT2D eigenvalue weighted by molar-refractivity contribution is -0.0729. The Morgan fingerprint density at radius 2 is 1.62 bits per heavy atom. The van der Waals surface area contributed by atoms with Gasteiger partial charge in [0.05, 0.1) is 24.9 Å². The number of hydrogen-bond acceptors (Lipinski definition) is 5. The van der Waals surface area contributed by atoms with Gasteiger partial charge in [-0.2, -0.15) is 0 Å². The zero-order valence-electron chi connectivity index (χ0n) is 7.67. The molecular weight excluding hydrogens is 176 g/mol. The van der Waals surface area contributed by atoms with Crippen LogP contribution in [0.4, 0.5) is 0 Å². The molecule has 0 spiro atoms. The maximum Gasteiger partial charge on any atom is 0.0871 e. The van der Waals surface area contributed by atoms with Crippen molar-refractivity contribution in [2.45, 2.75) is 31.7 Å². The van der Waals surface area contributed by atoms with E-state index in [1.807, 2.05) is 0 Å². The topological polar surface area (TPSA) is 101 Å². The molecule has 0 aliphatic carbocycles. The summed E-state index contributed by atoms with van der Waals surface area (Å²) < 4.78 is 0. The van der Waals surface area contributed by atoms with Crippen LogP contribution in [0, 0.1) is 5.92 Å². The number of rotatable bonds is 6. The van der Waals surface area contributed by atoms with Crippen molar-refractivity contribution in [1.29, 1.82) is 0 Å². The molecule has 0 aliphatic rings. The molecule has 5 nitrogen and oxygen atoms in total. The van der Waals surface area contributed by atoms with E-state index in [9.17, 15) is 10.2 Å². The van der Waals surface area contributed by atoms with Gasteiger partial charge in [-0.1, -0.05) is 0 Å². The lowest BCUT2D eigenvalue weighted by Crippen LogP contribution is -2.41. The van der Waals surface area contributed by atoms with Gasteiger partial charge in [0.2, 0.25) is 0 Å². The first-order valence-corrected chi connectivity index (χ1v) is 4.30. The SMILES string of the molecule is CC(O)C(O)C(CO)C(O)CCO. The minimum Gasteiger partial charge on any atom is -0.396 e. The van der Waals surface area contributed by atoms with Gasteiger partial charge >= 0.3 is 0 Å². The third kappa shape index (κ3) is 4.02. The van der Waals surface area contributed by atoms with Crippen LogP contribution in [0.3, 0.4) is 0 Å². The minimum atomic E-state index is -1.17. The lowest BCUT2D eigenvalue weighted by atomic mass is 9.92. The first-order chi connectivity index (χ1) is 6.04. The van der Waals surface area contributed by atoms with E-state index in [1.54, 1.807) is 0 Å². The van der Waals surface area contributed by atoms with Crippen LogP contribution in [0.5, 0.6) is 0 Å². The third-order valence-electron chi connectivity index (χ3n) is 2.06. The van der Waals surface area contributed by atoms with Crippen LogP contribution in [0.25, 0.3) is 0 Å². The number of hydrogen-bond donors (Lipinski definition) is 5. The maximum absolute atomic E-state index is 9.34. The van der Waals surface area contributed by atoms with E-state index in [4.69, 9.17) is 15.3 Å². The zero-order chi connectivity index (χ0) is 10.4. The van der Waals surface area contributed by atoms with Gasteiger partial charge in [-0.05, 0) is 13.3 Å². The van der Waals surface area contributed by atoms with E-state index in [0.717, 1.165) is 0 Å². The average molecular weight is 194 g/mol. The maximum atomic E-state index is 9.34. The molecular formula is C8H18O5. The molecule has 0 amide bonds. The van der Waals surface area contributed by atoms with Gasteiger partial charge in [-0.3, -0.25) is 0 Å². The monoisotopic (exact) mass is 194 g/mol. The van der Waals surface area contributed by atoms with Crippen LogP contribution in [0.15, 0.2) is 0 Å². The quantitative estimate of drug-likeness (QED) is 0.339. The summed E-state index contributed by atoms with van der Waals surface area (Å²) >= 11 is 0. The van der Waals surface area contributed by atoms with Gasteiger partial charge in [0.1, 0.15) is 0 Å². The molecule has 5 N–H and O–H groups in total. The van der Waals surface area contributed by atoms with Gasteiger partial charge in [0.15, 0.2) is 0 Å². The van der Waals surface area contributed by atoms with E-state index in [1.165, 1.54) is 6.92 Å². The molecule has 0 radical (unpaired) electrons. The molecule has 0 fully saturated rings. The van der Waals surface area contributed by atoms with E-state index < -0.39 is 30.8 Å². The normalized spacial score (nSPS) is 20.8. The molecule has 0 aromatic heterocycles. The summed E-state index contributed by atoms with van der Waals surface area (Å²) in [5.41, 5.74) is 0. The van der Waals surface area contributed by atoms with E-state index in [0.29, 0.717) is 0 Å². The van der Waals surface area contributed by atoms with Crippen molar-refractivity contribution >= 4 is 0 Å². The largest absolute Gasteiger partial charge is 0.396 e. The molecule has 0 aliphatic heterocycles. The molecule has 13 heavy (non-hydrogen) atoms. The van der Waals surface area contributed by atoms with E-state index in [-0.39, 0.29) is 13.0 Å². The van der Waals surface area contributed by atoms with Crippen molar-refractivity contribution in [3.8, 4) is 0 Å². The van der Waals surface area contributed by atoms with E-state index >= 15 is 0 Å². The van der Waals surface area contributed by atoms with Crippen molar-refractivity contribution in [3.63, 3.8) is 0 Å². The Morgan fingerprint density at radius 1 is 1.08 bits per heavy atom. The van der Waals surface area contributed by atoms with Crippen molar-refractivity contribution in [1.82, 2.24) is 0 Å². The van der Waals surface area contributed by atoms with Crippen molar-refractivity contribution in [2.75, 3.05) is 13.2 Å². The summed E-state index contributed by atoms with van der Waals surface area (Å²) in [6, 6.07) is 0. The Hall–Kier alpha value is -0.200. The summed E-state index contributed by atoms with van der Waals surface area (Å²) in [6.45, 7) is 0.733. The molecule has 4 atom stereocenters. The highest BCUT2D eigenvalue weighted by molar-refractivity contribution is 4.78. The molecule has 0 saturated heterocycles. The zero-order valence-corrected chi connectivity index (χ0v) is 7.67. The minimum absolute atomic E-state index is 0.0784. The molecule has 0 saturated carbocycles. The molecule has 0 aromatic carbocycles. The van der Waals surface area contributed by atoms with Gasteiger partial charge in [0.25, 0.3) is 0 Å². The van der Waals surface area contributed by atoms with Crippen LogP contribution in [-0.4, -0.2) is 57.1 Å². The van der Waals surface area contributed by atoms with Gasteiger partial charge < -0.3 is 25.5 Å². The Bertz CT molecular complexity index is 128. The highest BCUT2D eigenvalue weighted by Gasteiger charge is 2.28. The van der Waals surface area contributed by atoms with Gasteiger partial charge in [-0.15, -0.1) is 0 Å². The second-order valence-corrected chi connectivity index (χ2v) is 3.16. The molecule has 0 aromatic rings. The molecule has 4 unspecified atom stereocenters. The Morgan fingerprint density at radius 3 is 1.92 bits per heavy atom. The van der Waals surface area contributed by atoms with Crippen LogP contribution in [0.2, 0.25) is 0 Å². The number of aliphatic hydroxyl groups excluding tert-OH is 5. The molecule has 0 heterocycles. The molecule has 80 valence electrons. The molecule has 0 bridgehead atoms. The van der Waals surface area contributed by atoms with Crippen molar-refractivity contribution < 1.29 is 25.5 Å². The fourth-order valence-corrected chi connectivity index (χ4v) is 1.16. The standard InChI is InChI=1S/C8H18O5/c1-5(11)8(13)6(4-10)7(12)2-3-9/h5-13H,2-4H2,1H3. The predicted molar refractivity (Wildman–Crippen MR) is 46.0 cm³/mol. The molecule has 5 heteroatoms. The highest BCUT2D eigenvalue weighted by Crippen LogP contribution is 2.14. The third-order valence-corrected chi connectivity index (χ3v) is 2.06. The first kappa shape index (κ1) is 12.8. The lowest BCUT2D eigenvalue weighted by Gasteiger charge is -2.27. The van der Waals surface area contributed by atoms with Crippen molar-refractivity contribution in [2.24, 2.45) is 5.92 Å². The van der Waals surface area contributed by atoms with E-state index in [2.05, 4.69) is 0 Å².